The van der Waals surface area contributed by atoms with Crippen molar-refractivity contribution in [2.24, 2.45) is 0 Å². The van der Waals surface area contributed by atoms with Crippen LogP contribution in [-0.4, -0.2) is 0 Å². The molecular formula is C17H21N. The van der Waals surface area contributed by atoms with Crippen LogP contribution in [0.5, 0.6) is 0 Å². The van der Waals surface area contributed by atoms with E-state index < -0.39 is 0 Å². The third-order valence-electron chi connectivity index (χ3n) is 3.31. The molecule has 0 aliphatic heterocycles. The number of aryl methyl sites for hydroxylation is 4. The van der Waals surface area contributed by atoms with Gasteiger partial charge in [-0.1, -0.05) is 35.4 Å². The molecule has 0 unspecified atom stereocenters. The molecule has 2 rings (SSSR count). The summed E-state index contributed by atoms with van der Waals surface area (Å²) in [6.07, 6.45) is 0.917. The number of hydrogen-bond donors (Lipinski definition) is 1. The van der Waals surface area contributed by atoms with Crippen molar-refractivity contribution >= 4 is 5.69 Å². The van der Waals surface area contributed by atoms with E-state index >= 15 is 0 Å². The molecule has 2 aromatic carbocycles. The van der Waals surface area contributed by atoms with Gasteiger partial charge in [0.2, 0.25) is 0 Å². The van der Waals surface area contributed by atoms with Gasteiger partial charge in [0.25, 0.3) is 0 Å². The van der Waals surface area contributed by atoms with Crippen molar-refractivity contribution in [3.8, 4) is 0 Å². The fourth-order valence-electron chi connectivity index (χ4n) is 2.65. The minimum absolute atomic E-state index is 0.909. The molecule has 94 valence electrons. The lowest BCUT2D eigenvalue weighted by Gasteiger charge is -2.12. The van der Waals surface area contributed by atoms with Gasteiger partial charge in [0.15, 0.2) is 0 Å². The Bertz CT molecular complexity index is 539. The number of rotatable bonds is 2. The molecule has 0 atom stereocenters. The number of nitrogens with two attached hydrogens (primary N) is 1. The predicted octanol–water partition coefficient (Wildman–Crippen LogP) is 4.09. The van der Waals surface area contributed by atoms with Crippen molar-refractivity contribution in [2.75, 3.05) is 5.73 Å². The topological polar surface area (TPSA) is 26.0 Å². The van der Waals surface area contributed by atoms with Gasteiger partial charge in [-0.05, 0) is 62.4 Å². The molecule has 0 saturated carbocycles. The first-order chi connectivity index (χ1) is 8.45. The standard InChI is InChI=1S/C17H21N/c1-11-5-12(2)8-15(7-11)10-16-14(4)6-13(3)9-17(16)18/h5-9H,10,18H2,1-4H3. The van der Waals surface area contributed by atoms with E-state index in [0.717, 1.165) is 12.1 Å². The molecule has 0 amide bonds. The van der Waals surface area contributed by atoms with Crippen LogP contribution in [0.25, 0.3) is 0 Å². The highest BCUT2D eigenvalue weighted by molar-refractivity contribution is 5.55. The van der Waals surface area contributed by atoms with E-state index in [1.54, 1.807) is 0 Å². The Morgan fingerprint density at radius 2 is 1.33 bits per heavy atom. The Hall–Kier alpha value is -1.76. The van der Waals surface area contributed by atoms with Gasteiger partial charge < -0.3 is 5.73 Å². The second-order valence-corrected chi connectivity index (χ2v) is 5.32. The van der Waals surface area contributed by atoms with Crippen LogP contribution < -0.4 is 5.73 Å². The van der Waals surface area contributed by atoms with Gasteiger partial charge in [0.05, 0.1) is 0 Å². The van der Waals surface area contributed by atoms with E-state index in [4.69, 9.17) is 5.73 Å². The van der Waals surface area contributed by atoms with Crippen LogP contribution in [0.15, 0.2) is 30.3 Å². The summed E-state index contributed by atoms with van der Waals surface area (Å²) < 4.78 is 0. The lowest BCUT2D eigenvalue weighted by atomic mass is 9.95. The van der Waals surface area contributed by atoms with E-state index in [2.05, 4.69) is 58.0 Å². The average molecular weight is 239 g/mol. The van der Waals surface area contributed by atoms with Gasteiger partial charge in [-0.3, -0.25) is 0 Å². The molecule has 0 radical (unpaired) electrons. The summed E-state index contributed by atoms with van der Waals surface area (Å²) in [6, 6.07) is 11.0. The SMILES string of the molecule is Cc1cc(C)cc(Cc2c(C)cc(C)cc2N)c1. The highest BCUT2D eigenvalue weighted by Crippen LogP contribution is 2.23. The quantitative estimate of drug-likeness (QED) is 0.785. The maximum absolute atomic E-state index is 6.15. The summed E-state index contributed by atoms with van der Waals surface area (Å²) in [6.45, 7) is 8.51. The first kappa shape index (κ1) is 12.7. The molecule has 0 spiro atoms. The first-order valence-corrected chi connectivity index (χ1v) is 6.38. The number of hydrogen-bond acceptors (Lipinski definition) is 1. The summed E-state index contributed by atoms with van der Waals surface area (Å²) in [4.78, 5) is 0. The Morgan fingerprint density at radius 1 is 0.778 bits per heavy atom. The zero-order valence-corrected chi connectivity index (χ0v) is 11.7. The van der Waals surface area contributed by atoms with Gasteiger partial charge in [-0.25, -0.2) is 0 Å². The fourth-order valence-corrected chi connectivity index (χ4v) is 2.65. The Labute approximate surface area is 110 Å². The smallest absolute Gasteiger partial charge is 0.0355 e. The van der Waals surface area contributed by atoms with Crippen LogP contribution >= 0.6 is 0 Å². The van der Waals surface area contributed by atoms with E-state index in [9.17, 15) is 0 Å². The summed E-state index contributed by atoms with van der Waals surface area (Å²) in [7, 11) is 0. The van der Waals surface area contributed by atoms with Crippen molar-refractivity contribution < 1.29 is 0 Å². The normalized spacial score (nSPS) is 10.7. The van der Waals surface area contributed by atoms with E-state index in [1.807, 2.05) is 0 Å². The molecule has 0 aromatic heterocycles. The Kier molecular flexibility index (Phi) is 3.42. The zero-order valence-electron chi connectivity index (χ0n) is 11.7. The van der Waals surface area contributed by atoms with Gasteiger partial charge >= 0.3 is 0 Å². The van der Waals surface area contributed by atoms with Crippen LogP contribution in [0.2, 0.25) is 0 Å². The van der Waals surface area contributed by atoms with Crippen LogP contribution in [0.4, 0.5) is 5.69 Å². The lowest BCUT2D eigenvalue weighted by molar-refractivity contribution is 1.14. The number of nitrogen functional groups attached to an aromatic ring is 1. The third-order valence-corrected chi connectivity index (χ3v) is 3.31. The molecule has 1 heteroatoms. The summed E-state index contributed by atoms with van der Waals surface area (Å²) in [5.74, 6) is 0. The molecule has 0 aliphatic rings. The lowest BCUT2D eigenvalue weighted by Crippen LogP contribution is -2.00. The van der Waals surface area contributed by atoms with Crippen LogP contribution in [0.1, 0.15) is 33.4 Å². The van der Waals surface area contributed by atoms with Crippen LogP contribution in [-0.2, 0) is 6.42 Å². The van der Waals surface area contributed by atoms with Crippen molar-refractivity contribution in [3.05, 3.63) is 63.7 Å². The third kappa shape index (κ3) is 2.73. The molecule has 0 heterocycles. The van der Waals surface area contributed by atoms with Crippen molar-refractivity contribution in [3.63, 3.8) is 0 Å². The molecule has 0 bridgehead atoms. The average Bonchev–Trinajstić information content (AvgIpc) is 2.22. The molecule has 2 N–H and O–H groups in total. The minimum Gasteiger partial charge on any atom is -0.398 e. The molecule has 18 heavy (non-hydrogen) atoms. The van der Waals surface area contributed by atoms with Gasteiger partial charge in [0.1, 0.15) is 0 Å². The highest BCUT2D eigenvalue weighted by atomic mass is 14.6. The summed E-state index contributed by atoms with van der Waals surface area (Å²) in [5, 5.41) is 0. The van der Waals surface area contributed by atoms with E-state index in [1.165, 1.54) is 33.4 Å². The van der Waals surface area contributed by atoms with Crippen LogP contribution in [0, 0.1) is 27.7 Å². The molecule has 1 nitrogen and oxygen atoms in total. The van der Waals surface area contributed by atoms with E-state index in [0.29, 0.717) is 0 Å². The van der Waals surface area contributed by atoms with Gasteiger partial charge in [0, 0.05) is 5.69 Å². The van der Waals surface area contributed by atoms with Crippen LogP contribution in [0.3, 0.4) is 0 Å². The minimum atomic E-state index is 0.909. The second-order valence-electron chi connectivity index (χ2n) is 5.32. The zero-order chi connectivity index (χ0) is 13.3. The monoisotopic (exact) mass is 239 g/mol. The largest absolute Gasteiger partial charge is 0.398 e. The van der Waals surface area contributed by atoms with Crippen molar-refractivity contribution in [1.29, 1.82) is 0 Å². The molecule has 0 fully saturated rings. The van der Waals surface area contributed by atoms with Gasteiger partial charge in [-0.2, -0.15) is 0 Å². The van der Waals surface area contributed by atoms with E-state index in [-0.39, 0.29) is 0 Å². The number of anilines is 1. The molecule has 2 aromatic rings. The van der Waals surface area contributed by atoms with Crippen molar-refractivity contribution in [1.82, 2.24) is 0 Å². The number of benzene rings is 2. The molecular weight excluding hydrogens is 218 g/mol. The summed E-state index contributed by atoms with van der Waals surface area (Å²) >= 11 is 0. The Balaban J connectivity index is 2.40. The first-order valence-electron chi connectivity index (χ1n) is 6.38. The fraction of sp³-hybridized carbons (Fsp3) is 0.294. The second kappa shape index (κ2) is 4.85. The maximum atomic E-state index is 6.15. The molecule has 0 saturated heterocycles. The predicted molar refractivity (Wildman–Crippen MR) is 79.1 cm³/mol. The summed E-state index contributed by atoms with van der Waals surface area (Å²) in [5.41, 5.74) is 14.8. The van der Waals surface area contributed by atoms with Gasteiger partial charge in [-0.15, -0.1) is 0 Å². The maximum Gasteiger partial charge on any atom is 0.0355 e. The Morgan fingerprint density at radius 3 is 1.89 bits per heavy atom. The highest BCUT2D eigenvalue weighted by Gasteiger charge is 2.06. The molecule has 0 aliphatic carbocycles. The van der Waals surface area contributed by atoms with Crippen molar-refractivity contribution in [2.45, 2.75) is 34.1 Å².